The van der Waals surface area contributed by atoms with E-state index in [2.05, 4.69) is 55.7 Å². The molecule has 0 radical (unpaired) electrons. The highest BCUT2D eigenvalue weighted by Gasteiger charge is 2.23. The SMILES string of the molecule is CC/C=C\C/C=C\C/C=C\C/C=C\C[C@H](O)[C@@H](O)CCCC(=O)OC[C@H](COP(=O)(O)O)OC(=O)CCCCCCCCCCCCCCCCC(C)C. The first-order chi connectivity index (χ1) is 25.9. The number of aliphatic hydroxyl groups excluding tert-OH is 2. The van der Waals surface area contributed by atoms with Crippen molar-refractivity contribution in [3.63, 3.8) is 0 Å². The van der Waals surface area contributed by atoms with Gasteiger partial charge < -0.3 is 29.5 Å². The Hall–Kier alpha value is -2.07. The van der Waals surface area contributed by atoms with Gasteiger partial charge in [-0.05, 0) is 57.3 Å². The first kappa shape index (κ1) is 51.9. The van der Waals surface area contributed by atoms with Crippen LogP contribution in [0.3, 0.4) is 0 Å². The number of esters is 2. The van der Waals surface area contributed by atoms with Crippen LogP contribution in [-0.2, 0) is 28.2 Å². The highest BCUT2D eigenvalue weighted by atomic mass is 31.2. The standard InChI is InChI=1S/C43H77O10P/c1-4-5-6-7-8-9-10-16-19-22-25-28-32-40(44)41(45)33-30-35-42(46)51-36-39(37-52-54(48,49)50)53-43(47)34-29-26-23-20-17-14-12-11-13-15-18-21-24-27-31-38(2)3/h5-6,8-9,16,19,25,28,38-41,44-45H,4,7,10-15,17-18,20-24,26-27,29-37H2,1-3H3,(H2,48,49,50)/b6-5-,9-8-,19-16-,28-25-/t39-,40+,41+/m1/s1. The van der Waals surface area contributed by atoms with Crippen LogP contribution < -0.4 is 0 Å². The number of hydrogen-bond donors (Lipinski definition) is 4. The Morgan fingerprint density at radius 1 is 0.574 bits per heavy atom. The average molecular weight is 785 g/mol. The van der Waals surface area contributed by atoms with E-state index in [1.165, 1.54) is 70.6 Å². The van der Waals surface area contributed by atoms with Crippen LogP contribution in [-0.4, -0.2) is 63.5 Å². The highest BCUT2D eigenvalue weighted by molar-refractivity contribution is 7.46. The third-order valence-electron chi connectivity index (χ3n) is 8.99. The Labute approximate surface area is 328 Å². The van der Waals surface area contributed by atoms with Gasteiger partial charge in [0.2, 0.25) is 0 Å². The number of phosphoric acid groups is 1. The van der Waals surface area contributed by atoms with Gasteiger partial charge in [-0.25, -0.2) is 4.57 Å². The van der Waals surface area contributed by atoms with Gasteiger partial charge in [0.05, 0.1) is 18.8 Å². The van der Waals surface area contributed by atoms with E-state index in [9.17, 15) is 24.4 Å². The molecule has 0 saturated carbocycles. The Bertz CT molecular complexity index is 1060. The number of hydrogen-bond acceptors (Lipinski definition) is 8. The molecule has 0 aliphatic rings. The Kier molecular flexibility index (Phi) is 35.2. The molecule has 4 N–H and O–H groups in total. The van der Waals surface area contributed by atoms with Crippen molar-refractivity contribution in [2.24, 2.45) is 5.92 Å². The number of phosphoric ester groups is 1. The zero-order valence-electron chi connectivity index (χ0n) is 34.0. The molecule has 0 amide bonds. The van der Waals surface area contributed by atoms with E-state index in [1.54, 1.807) is 0 Å². The van der Waals surface area contributed by atoms with Crippen molar-refractivity contribution < 1.29 is 48.2 Å². The predicted octanol–water partition coefficient (Wildman–Crippen LogP) is 10.5. The normalized spacial score (nSPS) is 14.2. The van der Waals surface area contributed by atoms with E-state index in [-0.39, 0.29) is 32.1 Å². The minimum absolute atomic E-state index is 0.0492. The van der Waals surface area contributed by atoms with Crippen molar-refractivity contribution in [3.05, 3.63) is 48.6 Å². The number of ether oxygens (including phenoxy) is 2. The molecule has 0 saturated heterocycles. The number of carbonyl (C=O) groups is 2. The molecule has 0 aromatic heterocycles. The molecule has 0 aliphatic carbocycles. The fourth-order valence-electron chi connectivity index (χ4n) is 5.76. The molecule has 0 aliphatic heterocycles. The first-order valence-corrected chi connectivity index (χ1v) is 22.5. The van der Waals surface area contributed by atoms with Crippen LogP contribution in [0.4, 0.5) is 0 Å². The number of carbonyl (C=O) groups excluding carboxylic acids is 2. The Morgan fingerprint density at radius 2 is 1.04 bits per heavy atom. The summed E-state index contributed by atoms with van der Waals surface area (Å²) in [6.07, 6.45) is 35.8. The topological polar surface area (TPSA) is 160 Å². The summed E-state index contributed by atoms with van der Waals surface area (Å²) in [5.74, 6) is -0.354. The summed E-state index contributed by atoms with van der Waals surface area (Å²) < 4.78 is 26.2. The van der Waals surface area contributed by atoms with Crippen LogP contribution in [0.25, 0.3) is 0 Å². The first-order valence-electron chi connectivity index (χ1n) is 21.0. The van der Waals surface area contributed by atoms with Crippen LogP contribution in [0, 0.1) is 5.92 Å². The van der Waals surface area contributed by atoms with E-state index in [0.717, 1.165) is 50.9 Å². The fraction of sp³-hybridized carbons (Fsp3) is 0.767. The maximum atomic E-state index is 12.4. The highest BCUT2D eigenvalue weighted by Crippen LogP contribution is 2.36. The smallest absolute Gasteiger partial charge is 0.462 e. The molecule has 0 bridgehead atoms. The second-order valence-electron chi connectivity index (χ2n) is 14.7. The lowest BCUT2D eigenvalue weighted by molar-refractivity contribution is -0.161. The molecular weight excluding hydrogens is 707 g/mol. The van der Waals surface area contributed by atoms with Gasteiger partial charge in [0.25, 0.3) is 0 Å². The maximum absolute atomic E-state index is 12.4. The molecule has 0 aromatic carbocycles. The summed E-state index contributed by atoms with van der Waals surface area (Å²) >= 11 is 0. The molecule has 3 atom stereocenters. The number of unbranched alkanes of at least 4 members (excludes halogenated alkanes) is 13. The van der Waals surface area contributed by atoms with E-state index >= 15 is 0 Å². The summed E-state index contributed by atoms with van der Waals surface area (Å²) in [6, 6.07) is 0. The van der Waals surface area contributed by atoms with Gasteiger partial charge in [-0.3, -0.25) is 14.1 Å². The molecule has 0 spiro atoms. The number of allylic oxidation sites excluding steroid dienone is 7. The van der Waals surface area contributed by atoms with Gasteiger partial charge in [0.1, 0.15) is 6.61 Å². The van der Waals surface area contributed by atoms with Crippen molar-refractivity contribution >= 4 is 19.8 Å². The molecule has 0 rings (SSSR count). The van der Waals surface area contributed by atoms with Crippen molar-refractivity contribution in [3.8, 4) is 0 Å². The monoisotopic (exact) mass is 785 g/mol. The zero-order chi connectivity index (χ0) is 40.1. The minimum atomic E-state index is -4.82. The molecule has 0 fully saturated rings. The number of rotatable bonds is 37. The van der Waals surface area contributed by atoms with E-state index in [0.29, 0.717) is 6.42 Å². The van der Waals surface area contributed by atoms with Crippen molar-refractivity contribution in [2.45, 2.75) is 193 Å². The molecule has 0 aromatic rings. The summed E-state index contributed by atoms with van der Waals surface area (Å²) in [6.45, 7) is 5.65. The molecule has 11 heteroatoms. The largest absolute Gasteiger partial charge is 0.469 e. The summed E-state index contributed by atoms with van der Waals surface area (Å²) in [5, 5.41) is 20.5. The van der Waals surface area contributed by atoms with Gasteiger partial charge in [-0.2, -0.15) is 0 Å². The zero-order valence-corrected chi connectivity index (χ0v) is 34.9. The third kappa shape index (κ3) is 38.2. The van der Waals surface area contributed by atoms with Crippen LogP contribution >= 0.6 is 7.82 Å². The minimum Gasteiger partial charge on any atom is -0.462 e. The Balaban J connectivity index is 4.15. The van der Waals surface area contributed by atoms with Crippen molar-refractivity contribution in [2.75, 3.05) is 13.2 Å². The van der Waals surface area contributed by atoms with Crippen molar-refractivity contribution in [1.82, 2.24) is 0 Å². The van der Waals surface area contributed by atoms with Gasteiger partial charge in [0.15, 0.2) is 6.10 Å². The van der Waals surface area contributed by atoms with Crippen LogP contribution in [0.2, 0.25) is 0 Å². The van der Waals surface area contributed by atoms with Crippen LogP contribution in [0.1, 0.15) is 175 Å². The Morgan fingerprint density at radius 3 is 1.54 bits per heavy atom. The van der Waals surface area contributed by atoms with Crippen molar-refractivity contribution in [1.29, 1.82) is 0 Å². The number of aliphatic hydroxyl groups is 2. The van der Waals surface area contributed by atoms with Gasteiger partial charge in [0, 0.05) is 12.8 Å². The quantitative estimate of drug-likeness (QED) is 0.0207. The van der Waals surface area contributed by atoms with Crippen LogP contribution in [0.5, 0.6) is 0 Å². The molecule has 54 heavy (non-hydrogen) atoms. The van der Waals surface area contributed by atoms with Gasteiger partial charge >= 0.3 is 19.8 Å². The van der Waals surface area contributed by atoms with E-state index < -0.39 is 51.3 Å². The third-order valence-corrected chi connectivity index (χ3v) is 9.48. The van der Waals surface area contributed by atoms with Gasteiger partial charge in [-0.1, -0.05) is 159 Å². The second-order valence-corrected chi connectivity index (χ2v) is 16.0. The lowest BCUT2D eigenvalue weighted by atomic mass is 10.0. The molecule has 10 nitrogen and oxygen atoms in total. The van der Waals surface area contributed by atoms with E-state index in [1.807, 2.05) is 18.2 Å². The summed E-state index contributed by atoms with van der Waals surface area (Å²) in [7, 11) is -4.82. The second kappa shape index (κ2) is 36.6. The molecule has 0 unspecified atom stereocenters. The predicted molar refractivity (Wildman–Crippen MR) is 219 cm³/mol. The molecule has 0 heterocycles. The molecular formula is C43H77O10P. The molecule has 314 valence electrons. The van der Waals surface area contributed by atoms with Crippen LogP contribution in [0.15, 0.2) is 48.6 Å². The maximum Gasteiger partial charge on any atom is 0.469 e. The fourth-order valence-corrected chi connectivity index (χ4v) is 6.12. The average Bonchev–Trinajstić information content (AvgIpc) is 3.12. The summed E-state index contributed by atoms with van der Waals surface area (Å²) in [5.41, 5.74) is 0. The lowest BCUT2D eigenvalue weighted by Gasteiger charge is -2.19. The van der Waals surface area contributed by atoms with E-state index in [4.69, 9.17) is 19.3 Å². The van der Waals surface area contributed by atoms with Gasteiger partial charge in [-0.15, -0.1) is 0 Å². The summed E-state index contributed by atoms with van der Waals surface area (Å²) in [4.78, 5) is 42.9. The lowest BCUT2D eigenvalue weighted by Crippen LogP contribution is -2.29.